The van der Waals surface area contributed by atoms with Crippen molar-refractivity contribution in [1.82, 2.24) is 0 Å². The SMILES string of the molecule is CCC(=O)Nc1ccc(NC(=O)CCN)cc1C. The highest BCUT2D eigenvalue weighted by atomic mass is 16.2. The molecular formula is C13H19N3O2. The average Bonchev–Trinajstić information content (AvgIpc) is 2.32. The van der Waals surface area contributed by atoms with Gasteiger partial charge in [-0.3, -0.25) is 9.59 Å². The molecule has 0 saturated heterocycles. The first-order chi connectivity index (χ1) is 8.56. The minimum absolute atomic E-state index is 0.0296. The predicted molar refractivity (Wildman–Crippen MR) is 72.4 cm³/mol. The van der Waals surface area contributed by atoms with Gasteiger partial charge in [0.15, 0.2) is 0 Å². The Morgan fingerprint density at radius 1 is 1.22 bits per heavy atom. The van der Waals surface area contributed by atoms with Gasteiger partial charge in [0.05, 0.1) is 0 Å². The zero-order valence-corrected chi connectivity index (χ0v) is 10.7. The van der Waals surface area contributed by atoms with E-state index in [-0.39, 0.29) is 11.8 Å². The summed E-state index contributed by atoms with van der Waals surface area (Å²) in [5, 5.41) is 5.54. The van der Waals surface area contributed by atoms with Gasteiger partial charge in [-0.05, 0) is 30.7 Å². The molecule has 2 amide bonds. The Kier molecular flexibility index (Phi) is 5.32. The lowest BCUT2D eigenvalue weighted by Gasteiger charge is -2.10. The third kappa shape index (κ3) is 4.18. The Balaban J connectivity index is 2.73. The van der Waals surface area contributed by atoms with Crippen LogP contribution in [0.5, 0.6) is 0 Å². The molecule has 0 bridgehead atoms. The van der Waals surface area contributed by atoms with Gasteiger partial charge in [-0.2, -0.15) is 0 Å². The topological polar surface area (TPSA) is 84.2 Å². The molecule has 0 saturated carbocycles. The molecule has 0 aliphatic heterocycles. The van der Waals surface area contributed by atoms with Gasteiger partial charge in [-0.1, -0.05) is 6.92 Å². The second-order valence-electron chi connectivity index (χ2n) is 4.02. The molecule has 5 nitrogen and oxygen atoms in total. The molecule has 1 aromatic carbocycles. The molecule has 4 N–H and O–H groups in total. The van der Waals surface area contributed by atoms with Gasteiger partial charge in [0.2, 0.25) is 11.8 Å². The van der Waals surface area contributed by atoms with Crippen LogP contribution in [0.3, 0.4) is 0 Å². The summed E-state index contributed by atoms with van der Waals surface area (Å²) >= 11 is 0. The molecule has 1 aromatic rings. The molecule has 0 heterocycles. The largest absolute Gasteiger partial charge is 0.330 e. The maximum absolute atomic E-state index is 11.4. The monoisotopic (exact) mass is 249 g/mol. The van der Waals surface area contributed by atoms with Gasteiger partial charge in [-0.15, -0.1) is 0 Å². The van der Waals surface area contributed by atoms with E-state index in [4.69, 9.17) is 5.73 Å². The van der Waals surface area contributed by atoms with Crippen molar-refractivity contribution in [3.63, 3.8) is 0 Å². The van der Waals surface area contributed by atoms with Crippen molar-refractivity contribution in [2.45, 2.75) is 26.7 Å². The van der Waals surface area contributed by atoms with E-state index in [9.17, 15) is 9.59 Å². The van der Waals surface area contributed by atoms with Crippen LogP contribution in [0.4, 0.5) is 11.4 Å². The summed E-state index contributed by atoms with van der Waals surface area (Å²) in [6, 6.07) is 5.35. The van der Waals surface area contributed by atoms with Crippen molar-refractivity contribution in [1.29, 1.82) is 0 Å². The lowest BCUT2D eigenvalue weighted by atomic mass is 10.1. The number of nitrogens with two attached hydrogens (primary N) is 1. The van der Waals surface area contributed by atoms with Crippen LogP contribution in [0.25, 0.3) is 0 Å². The van der Waals surface area contributed by atoms with E-state index in [1.807, 2.05) is 13.0 Å². The van der Waals surface area contributed by atoms with Crippen molar-refractivity contribution >= 4 is 23.2 Å². The Morgan fingerprint density at radius 3 is 2.50 bits per heavy atom. The van der Waals surface area contributed by atoms with E-state index in [2.05, 4.69) is 10.6 Å². The molecule has 0 fully saturated rings. The van der Waals surface area contributed by atoms with Gasteiger partial charge in [0, 0.05) is 30.8 Å². The molecule has 98 valence electrons. The average molecular weight is 249 g/mol. The van der Waals surface area contributed by atoms with Crippen LogP contribution < -0.4 is 16.4 Å². The minimum Gasteiger partial charge on any atom is -0.330 e. The number of nitrogens with one attached hydrogen (secondary N) is 2. The Bertz CT molecular complexity index is 444. The van der Waals surface area contributed by atoms with E-state index in [1.54, 1.807) is 19.1 Å². The van der Waals surface area contributed by atoms with Crippen molar-refractivity contribution < 1.29 is 9.59 Å². The number of anilines is 2. The van der Waals surface area contributed by atoms with Gasteiger partial charge >= 0.3 is 0 Å². The summed E-state index contributed by atoms with van der Waals surface area (Å²) in [6.45, 7) is 4.01. The van der Waals surface area contributed by atoms with Gasteiger partial charge in [0.25, 0.3) is 0 Å². The molecule has 1 rings (SSSR count). The molecule has 0 unspecified atom stereocenters. The summed E-state index contributed by atoms with van der Waals surface area (Å²) in [7, 11) is 0. The van der Waals surface area contributed by atoms with Gasteiger partial charge in [0.1, 0.15) is 0 Å². The van der Waals surface area contributed by atoms with Crippen molar-refractivity contribution in [3.05, 3.63) is 23.8 Å². The number of hydrogen-bond acceptors (Lipinski definition) is 3. The smallest absolute Gasteiger partial charge is 0.225 e. The molecule has 0 atom stereocenters. The number of aryl methyl sites for hydroxylation is 1. The Morgan fingerprint density at radius 2 is 1.94 bits per heavy atom. The maximum Gasteiger partial charge on any atom is 0.225 e. The number of hydrogen-bond donors (Lipinski definition) is 3. The molecule has 0 radical (unpaired) electrons. The summed E-state index contributed by atoms with van der Waals surface area (Å²) in [4.78, 5) is 22.7. The predicted octanol–water partition coefficient (Wildman–Crippen LogP) is 1.63. The Hall–Kier alpha value is -1.88. The number of carbonyl (C=O) groups excluding carboxylic acids is 2. The zero-order chi connectivity index (χ0) is 13.5. The van der Waals surface area contributed by atoms with Crippen molar-refractivity contribution in [2.24, 2.45) is 5.73 Å². The summed E-state index contributed by atoms with van der Waals surface area (Å²) in [5.74, 6) is -0.139. The first-order valence-electron chi connectivity index (χ1n) is 5.97. The molecule has 0 aliphatic carbocycles. The number of rotatable bonds is 5. The number of benzene rings is 1. The third-order valence-corrected chi connectivity index (χ3v) is 2.48. The first kappa shape index (κ1) is 14.2. The lowest BCUT2D eigenvalue weighted by molar-refractivity contribution is -0.116. The molecule has 18 heavy (non-hydrogen) atoms. The number of amides is 2. The van der Waals surface area contributed by atoms with E-state index in [0.29, 0.717) is 25.1 Å². The molecule has 5 heteroatoms. The van der Waals surface area contributed by atoms with Crippen molar-refractivity contribution in [2.75, 3.05) is 17.2 Å². The first-order valence-corrected chi connectivity index (χ1v) is 5.97. The van der Waals surface area contributed by atoms with E-state index >= 15 is 0 Å². The van der Waals surface area contributed by atoms with Crippen LogP contribution in [-0.2, 0) is 9.59 Å². The summed E-state index contributed by atoms with van der Waals surface area (Å²) in [6.07, 6.45) is 0.738. The minimum atomic E-state index is -0.109. The van der Waals surface area contributed by atoms with Crippen LogP contribution >= 0.6 is 0 Å². The lowest BCUT2D eigenvalue weighted by Crippen LogP contribution is -2.16. The van der Waals surface area contributed by atoms with Crippen LogP contribution in [0, 0.1) is 6.92 Å². The second-order valence-corrected chi connectivity index (χ2v) is 4.02. The van der Waals surface area contributed by atoms with E-state index < -0.39 is 0 Å². The van der Waals surface area contributed by atoms with E-state index in [0.717, 1.165) is 11.3 Å². The molecule has 0 spiro atoms. The molecular weight excluding hydrogens is 230 g/mol. The Labute approximate surface area is 107 Å². The third-order valence-electron chi connectivity index (χ3n) is 2.48. The second kappa shape index (κ2) is 6.76. The normalized spacial score (nSPS) is 9.94. The fourth-order valence-electron chi connectivity index (χ4n) is 1.47. The number of carbonyl (C=O) groups is 2. The van der Waals surface area contributed by atoms with Crippen molar-refractivity contribution in [3.8, 4) is 0 Å². The summed E-state index contributed by atoms with van der Waals surface area (Å²) < 4.78 is 0. The highest BCUT2D eigenvalue weighted by molar-refractivity contribution is 5.93. The quantitative estimate of drug-likeness (QED) is 0.741. The molecule has 0 aliphatic rings. The highest BCUT2D eigenvalue weighted by Gasteiger charge is 2.05. The van der Waals surface area contributed by atoms with Crippen LogP contribution in [0.1, 0.15) is 25.3 Å². The van der Waals surface area contributed by atoms with Crippen LogP contribution in [-0.4, -0.2) is 18.4 Å². The van der Waals surface area contributed by atoms with E-state index in [1.165, 1.54) is 0 Å². The van der Waals surface area contributed by atoms with Crippen LogP contribution in [0.2, 0.25) is 0 Å². The fraction of sp³-hybridized carbons (Fsp3) is 0.385. The summed E-state index contributed by atoms with van der Waals surface area (Å²) in [5.41, 5.74) is 7.68. The fourth-order valence-corrected chi connectivity index (χ4v) is 1.47. The van der Waals surface area contributed by atoms with Crippen LogP contribution in [0.15, 0.2) is 18.2 Å². The van der Waals surface area contributed by atoms with Gasteiger partial charge < -0.3 is 16.4 Å². The highest BCUT2D eigenvalue weighted by Crippen LogP contribution is 2.20. The maximum atomic E-state index is 11.4. The molecule has 0 aromatic heterocycles. The van der Waals surface area contributed by atoms with Gasteiger partial charge in [-0.25, -0.2) is 0 Å². The zero-order valence-electron chi connectivity index (χ0n) is 10.7. The standard InChI is InChI=1S/C13H19N3O2/c1-3-12(17)16-11-5-4-10(8-9(11)2)15-13(18)6-7-14/h4-5,8H,3,6-7,14H2,1-2H3,(H,15,18)(H,16,17).